The highest BCUT2D eigenvalue weighted by molar-refractivity contribution is 5.94. The summed E-state index contributed by atoms with van der Waals surface area (Å²) >= 11 is 0. The fourth-order valence-corrected chi connectivity index (χ4v) is 3.10. The molecule has 0 radical (unpaired) electrons. The molecule has 1 aliphatic rings. The van der Waals surface area contributed by atoms with Gasteiger partial charge in [-0.15, -0.1) is 0 Å². The summed E-state index contributed by atoms with van der Waals surface area (Å²) in [5, 5.41) is 9.10. The number of nitrogens with one attached hydrogen (secondary N) is 3. The van der Waals surface area contributed by atoms with Crippen molar-refractivity contribution in [2.24, 2.45) is 5.92 Å². The molecule has 2 rings (SSSR count). The molecule has 0 bridgehead atoms. The number of piperidine rings is 1. The molecular weight excluding hydrogens is 346 g/mol. The van der Waals surface area contributed by atoms with E-state index in [1.54, 1.807) is 18.2 Å². The largest absolute Gasteiger partial charge is 0.493 e. The molecule has 150 valence electrons. The van der Waals surface area contributed by atoms with E-state index in [1.807, 2.05) is 13.8 Å². The highest BCUT2D eigenvalue weighted by atomic mass is 16.5. The van der Waals surface area contributed by atoms with Crippen LogP contribution >= 0.6 is 0 Å². The van der Waals surface area contributed by atoms with Gasteiger partial charge in [0.05, 0.1) is 7.11 Å². The van der Waals surface area contributed by atoms with Crippen molar-refractivity contribution in [2.45, 2.75) is 39.2 Å². The van der Waals surface area contributed by atoms with Gasteiger partial charge in [-0.25, -0.2) is 0 Å². The fourth-order valence-electron chi connectivity index (χ4n) is 3.10. The van der Waals surface area contributed by atoms with E-state index in [-0.39, 0.29) is 24.5 Å². The van der Waals surface area contributed by atoms with Gasteiger partial charge in [0, 0.05) is 18.2 Å². The molecule has 7 heteroatoms. The van der Waals surface area contributed by atoms with Crippen molar-refractivity contribution in [1.29, 1.82) is 0 Å². The Kier molecular flexibility index (Phi) is 8.39. The predicted molar refractivity (Wildman–Crippen MR) is 104 cm³/mol. The van der Waals surface area contributed by atoms with Gasteiger partial charge in [0.1, 0.15) is 0 Å². The van der Waals surface area contributed by atoms with Crippen molar-refractivity contribution < 1.29 is 19.1 Å². The van der Waals surface area contributed by atoms with Crippen molar-refractivity contribution in [3.05, 3.63) is 23.8 Å². The lowest BCUT2D eigenvalue weighted by molar-refractivity contribution is -0.123. The molecule has 27 heavy (non-hydrogen) atoms. The number of ether oxygens (including phenoxy) is 2. The van der Waals surface area contributed by atoms with Crippen LogP contribution in [0.4, 0.5) is 0 Å². The molecule has 1 aromatic rings. The number of hydrogen-bond donors (Lipinski definition) is 3. The highest BCUT2D eigenvalue weighted by Gasteiger charge is 2.15. The average Bonchev–Trinajstić information content (AvgIpc) is 2.66. The van der Waals surface area contributed by atoms with Gasteiger partial charge in [-0.1, -0.05) is 0 Å². The number of amides is 2. The Balaban J connectivity index is 1.85. The summed E-state index contributed by atoms with van der Waals surface area (Å²) in [5.74, 6) is 1.14. The second-order valence-corrected chi connectivity index (χ2v) is 7.13. The molecule has 1 unspecified atom stereocenters. The second-order valence-electron chi connectivity index (χ2n) is 7.13. The van der Waals surface area contributed by atoms with Crippen molar-refractivity contribution >= 4 is 11.8 Å². The Morgan fingerprint density at radius 2 is 2.11 bits per heavy atom. The van der Waals surface area contributed by atoms with Crippen molar-refractivity contribution in [3.63, 3.8) is 0 Å². The van der Waals surface area contributed by atoms with Crippen molar-refractivity contribution in [3.8, 4) is 11.5 Å². The molecule has 1 atom stereocenters. The van der Waals surface area contributed by atoms with Gasteiger partial charge in [-0.05, 0) is 70.3 Å². The molecule has 1 heterocycles. The van der Waals surface area contributed by atoms with E-state index in [2.05, 4.69) is 16.0 Å². The van der Waals surface area contributed by atoms with E-state index in [4.69, 9.17) is 9.47 Å². The monoisotopic (exact) mass is 377 g/mol. The van der Waals surface area contributed by atoms with Crippen LogP contribution in [0.5, 0.6) is 11.5 Å². The van der Waals surface area contributed by atoms with Crippen LogP contribution in [0.1, 0.15) is 43.5 Å². The standard InChI is InChI=1S/C20H31N3O4/c1-14(2)23-19(24)13-27-17-7-6-16(11-18(17)26-3)20(25)22-10-8-15-5-4-9-21-12-15/h6-7,11,14-15,21H,4-5,8-10,12-13H2,1-3H3,(H,22,25)(H,23,24). The molecule has 1 fully saturated rings. The summed E-state index contributed by atoms with van der Waals surface area (Å²) in [7, 11) is 1.51. The highest BCUT2D eigenvalue weighted by Crippen LogP contribution is 2.28. The zero-order valence-corrected chi connectivity index (χ0v) is 16.5. The van der Waals surface area contributed by atoms with Crippen LogP contribution < -0.4 is 25.4 Å². The fraction of sp³-hybridized carbons (Fsp3) is 0.600. The molecule has 0 saturated carbocycles. The van der Waals surface area contributed by atoms with Gasteiger partial charge in [-0.3, -0.25) is 9.59 Å². The topological polar surface area (TPSA) is 88.7 Å². The summed E-state index contributed by atoms with van der Waals surface area (Å²) < 4.78 is 10.8. The summed E-state index contributed by atoms with van der Waals surface area (Å²) in [4.78, 5) is 24.1. The molecule has 0 aliphatic carbocycles. The first kappa shape index (κ1) is 21.0. The maximum atomic E-state index is 12.4. The lowest BCUT2D eigenvalue weighted by atomic mass is 9.96. The lowest BCUT2D eigenvalue weighted by Gasteiger charge is -2.22. The quantitative estimate of drug-likeness (QED) is 0.610. The van der Waals surface area contributed by atoms with E-state index in [0.29, 0.717) is 29.5 Å². The number of hydrogen-bond acceptors (Lipinski definition) is 5. The van der Waals surface area contributed by atoms with E-state index in [9.17, 15) is 9.59 Å². The molecule has 7 nitrogen and oxygen atoms in total. The van der Waals surface area contributed by atoms with Gasteiger partial charge in [0.15, 0.2) is 18.1 Å². The molecule has 0 spiro atoms. The van der Waals surface area contributed by atoms with Gasteiger partial charge < -0.3 is 25.4 Å². The third kappa shape index (κ3) is 7.09. The summed E-state index contributed by atoms with van der Waals surface area (Å²) in [6, 6.07) is 5.02. The van der Waals surface area contributed by atoms with Crippen LogP contribution in [0.3, 0.4) is 0 Å². The average molecular weight is 377 g/mol. The first-order chi connectivity index (χ1) is 13.0. The Labute approximate surface area is 161 Å². The van der Waals surface area contributed by atoms with Crippen LogP contribution in [0.15, 0.2) is 18.2 Å². The minimum Gasteiger partial charge on any atom is -0.493 e. The number of rotatable bonds is 9. The van der Waals surface area contributed by atoms with E-state index in [1.165, 1.54) is 20.0 Å². The van der Waals surface area contributed by atoms with Crippen LogP contribution in [0, 0.1) is 5.92 Å². The van der Waals surface area contributed by atoms with Gasteiger partial charge >= 0.3 is 0 Å². The van der Waals surface area contributed by atoms with Gasteiger partial charge in [0.2, 0.25) is 0 Å². The molecule has 1 saturated heterocycles. The zero-order valence-electron chi connectivity index (χ0n) is 16.5. The Hall–Kier alpha value is -2.28. The summed E-state index contributed by atoms with van der Waals surface area (Å²) in [6.07, 6.45) is 3.39. The van der Waals surface area contributed by atoms with Crippen LogP contribution in [-0.2, 0) is 4.79 Å². The van der Waals surface area contributed by atoms with Crippen molar-refractivity contribution in [2.75, 3.05) is 33.4 Å². The van der Waals surface area contributed by atoms with E-state index >= 15 is 0 Å². The molecular formula is C20H31N3O4. The second kappa shape index (κ2) is 10.8. The number of benzene rings is 1. The molecule has 1 aliphatic heterocycles. The molecule has 0 aromatic heterocycles. The van der Waals surface area contributed by atoms with Gasteiger partial charge in [-0.2, -0.15) is 0 Å². The smallest absolute Gasteiger partial charge is 0.258 e. The Bertz CT molecular complexity index is 628. The third-order valence-corrected chi connectivity index (χ3v) is 4.47. The Morgan fingerprint density at radius 1 is 1.30 bits per heavy atom. The maximum Gasteiger partial charge on any atom is 0.258 e. The normalized spacial score (nSPS) is 16.7. The van der Waals surface area contributed by atoms with E-state index in [0.717, 1.165) is 19.5 Å². The zero-order chi connectivity index (χ0) is 19.6. The number of methoxy groups -OCH3 is 1. The molecule has 1 aromatic carbocycles. The molecule has 2 amide bonds. The predicted octanol–water partition coefficient (Wildman–Crippen LogP) is 1.72. The minimum absolute atomic E-state index is 0.0541. The van der Waals surface area contributed by atoms with Crippen LogP contribution in [0.25, 0.3) is 0 Å². The Morgan fingerprint density at radius 3 is 2.78 bits per heavy atom. The molecule has 3 N–H and O–H groups in total. The maximum absolute atomic E-state index is 12.4. The van der Waals surface area contributed by atoms with Gasteiger partial charge in [0.25, 0.3) is 11.8 Å². The summed E-state index contributed by atoms with van der Waals surface area (Å²) in [6.45, 7) is 6.44. The number of carbonyl (C=O) groups is 2. The minimum atomic E-state index is -0.203. The SMILES string of the molecule is COc1cc(C(=O)NCCC2CCCNC2)ccc1OCC(=O)NC(C)C. The van der Waals surface area contributed by atoms with Crippen LogP contribution in [0.2, 0.25) is 0 Å². The summed E-state index contributed by atoms with van der Waals surface area (Å²) in [5.41, 5.74) is 0.507. The third-order valence-electron chi connectivity index (χ3n) is 4.47. The first-order valence-electron chi connectivity index (χ1n) is 9.58. The van der Waals surface area contributed by atoms with Crippen molar-refractivity contribution in [1.82, 2.24) is 16.0 Å². The van der Waals surface area contributed by atoms with E-state index < -0.39 is 0 Å². The van der Waals surface area contributed by atoms with Crippen LogP contribution in [-0.4, -0.2) is 51.2 Å². The lowest BCUT2D eigenvalue weighted by Crippen LogP contribution is -2.34. The number of carbonyl (C=O) groups excluding carboxylic acids is 2. The first-order valence-corrected chi connectivity index (χ1v) is 9.58.